The van der Waals surface area contributed by atoms with Gasteiger partial charge in [-0.25, -0.2) is 0 Å². The number of hydrogen-bond acceptors (Lipinski definition) is 4. The van der Waals surface area contributed by atoms with Crippen LogP contribution in [-0.4, -0.2) is 21.5 Å². The first-order chi connectivity index (χ1) is 14.0. The molecule has 0 aliphatic carbocycles. The highest BCUT2D eigenvalue weighted by molar-refractivity contribution is 7.80. The van der Waals surface area contributed by atoms with Gasteiger partial charge >= 0.3 is 0 Å². The van der Waals surface area contributed by atoms with E-state index in [0.717, 1.165) is 22.9 Å². The number of aromatic nitrogens is 2. The maximum absolute atomic E-state index is 5.80. The van der Waals surface area contributed by atoms with Crippen molar-refractivity contribution in [3.8, 4) is 11.5 Å². The van der Waals surface area contributed by atoms with Crippen LogP contribution in [0.15, 0.2) is 48.7 Å². The van der Waals surface area contributed by atoms with E-state index in [9.17, 15) is 0 Å². The van der Waals surface area contributed by atoms with Gasteiger partial charge < -0.3 is 24.3 Å². The molecule has 29 heavy (non-hydrogen) atoms. The van der Waals surface area contributed by atoms with Crippen LogP contribution in [0, 0.1) is 13.8 Å². The van der Waals surface area contributed by atoms with E-state index in [1.807, 2.05) is 42.6 Å². The summed E-state index contributed by atoms with van der Waals surface area (Å²) in [5.74, 6) is 1.50. The molecule has 1 aromatic carbocycles. The molecular formula is C22H22N4O2S. The van der Waals surface area contributed by atoms with Gasteiger partial charge in [-0.1, -0.05) is 6.07 Å². The predicted octanol–water partition coefficient (Wildman–Crippen LogP) is 3.94. The molecule has 6 nitrogen and oxygen atoms in total. The lowest BCUT2D eigenvalue weighted by molar-refractivity contribution is 0.174. The van der Waals surface area contributed by atoms with Crippen LogP contribution in [0.2, 0.25) is 0 Å². The zero-order chi connectivity index (χ0) is 20.1. The van der Waals surface area contributed by atoms with Crippen LogP contribution in [-0.2, 0) is 7.05 Å². The molecule has 2 unspecified atom stereocenters. The van der Waals surface area contributed by atoms with Gasteiger partial charge in [-0.3, -0.25) is 4.98 Å². The van der Waals surface area contributed by atoms with Crippen molar-refractivity contribution in [2.24, 2.45) is 7.05 Å². The molecule has 0 radical (unpaired) electrons. The summed E-state index contributed by atoms with van der Waals surface area (Å²) in [6.45, 7) is 4.52. The molecular weight excluding hydrogens is 384 g/mol. The molecule has 2 aromatic heterocycles. The Morgan fingerprint density at radius 1 is 1.10 bits per heavy atom. The van der Waals surface area contributed by atoms with Crippen molar-refractivity contribution in [1.29, 1.82) is 0 Å². The molecule has 5 rings (SSSR count). The Kier molecular flexibility index (Phi) is 4.20. The highest BCUT2D eigenvalue weighted by Crippen LogP contribution is 2.45. The van der Waals surface area contributed by atoms with Crippen molar-refractivity contribution < 1.29 is 9.47 Å². The van der Waals surface area contributed by atoms with Crippen molar-refractivity contribution in [3.05, 3.63) is 71.3 Å². The standard InChI is InChI=1S/C22H22N4O2S/c1-13-10-16(14(2)25(13)3)21-20(17-6-4-5-9-23-17)24-22(29)26(21)15-7-8-18-19(11-15)28-12-27-18/h4-11,20-21H,12H2,1-3H3,(H,24,29). The van der Waals surface area contributed by atoms with Gasteiger partial charge in [0.2, 0.25) is 6.79 Å². The highest BCUT2D eigenvalue weighted by Gasteiger charge is 2.42. The molecule has 4 heterocycles. The van der Waals surface area contributed by atoms with Crippen LogP contribution in [0.25, 0.3) is 0 Å². The second kappa shape index (κ2) is 6.77. The van der Waals surface area contributed by atoms with Gasteiger partial charge in [0.1, 0.15) is 0 Å². The Hall–Kier alpha value is -3.06. The number of nitrogens with zero attached hydrogens (tertiary/aromatic N) is 3. The van der Waals surface area contributed by atoms with Gasteiger partial charge in [-0.15, -0.1) is 0 Å². The number of anilines is 1. The van der Waals surface area contributed by atoms with Crippen molar-refractivity contribution in [1.82, 2.24) is 14.9 Å². The average Bonchev–Trinajstić information content (AvgIpc) is 3.40. The Bertz CT molecular complexity index is 1100. The number of benzene rings is 1. The summed E-state index contributed by atoms with van der Waals surface area (Å²) in [4.78, 5) is 6.78. The zero-order valence-corrected chi connectivity index (χ0v) is 17.4. The van der Waals surface area contributed by atoms with Gasteiger partial charge in [-0.2, -0.15) is 0 Å². The normalized spacial score (nSPS) is 20.2. The molecule has 7 heteroatoms. The van der Waals surface area contributed by atoms with E-state index >= 15 is 0 Å². The highest BCUT2D eigenvalue weighted by atomic mass is 32.1. The Balaban J connectivity index is 1.66. The van der Waals surface area contributed by atoms with Gasteiger partial charge in [0.15, 0.2) is 16.6 Å². The van der Waals surface area contributed by atoms with E-state index in [1.165, 1.54) is 17.0 Å². The van der Waals surface area contributed by atoms with E-state index in [0.29, 0.717) is 5.11 Å². The maximum atomic E-state index is 5.80. The van der Waals surface area contributed by atoms with Gasteiger partial charge in [0.25, 0.3) is 0 Å². The second-order valence-electron chi connectivity index (χ2n) is 7.42. The number of pyridine rings is 1. The minimum absolute atomic E-state index is 0.0299. The summed E-state index contributed by atoms with van der Waals surface area (Å²) >= 11 is 5.80. The summed E-state index contributed by atoms with van der Waals surface area (Å²) in [5.41, 5.74) is 5.58. The lowest BCUT2D eigenvalue weighted by atomic mass is 9.96. The van der Waals surface area contributed by atoms with Crippen molar-refractivity contribution >= 4 is 23.0 Å². The fourth-order valence-corrected chi connectivity index (χ4v) is 4.51. The summed E-state index contributed by atoms with van der Waals surface area (Å²) < 4.78 is 13.3. The first kappa shape index (κ1) is 18.0. The molecule has 0 spiro atoms. The fraction of sp³-hybridized carbons (Fsp3) is 0.273. The lowest BCUT2D eigenvalue weighted by Gasteiger charge is -2.28. The first-order valence-corrected chi connectivity index (χ1v) is 9.98. The number of hydrogen-bond donors (Lipinski definition) is 1. The monoisotopic (exact) mass is 406 g/mol. The molecule has 0 bridgehead atoms. The minimum Gasteiger partial charge on any atom is -0.454 e. The second-order valence-corrected chi connectivity index (χ2v) is 7.81. The number of fused-ring (bicyclic) bond motifs is 1. The van der Waals surface area contributed by atoms with Crippen molar-refractivity contribution in [2.45, 2.75) is 25.9 Å². The summed E-state index contributed by atoms with van der Waals surface area (Å²) in [6.07, 6.45) is 1.82. The number of rotatable bonds is 3. The molecule has 2 atom stereocenters. The third kappa shape index (κ3) is 2.84. The van der Waals surface area contributed by atoms with Crippen LogP contribution in [0.5, 0.6) is 11.5 Å². The van der Waals surface area contributed by atoms with E-state index in [2.05, 4.69) is 46.7 Å². The van der Waals surface area contributed by atoms with Gasteiger partial charge in [-0.05, 0) is 62.0 Å². The summed E-state index contributed by atoms with van der Waals surface area (Å²) in [5, 5.41) is 4.18. The van der Waals surface area contributed by atoms with E-state index in [-0.39, 0.29) is 18.9 Å². The molecule has 2 aliphatic heterocycles. The van der Waals surface area contributed by atoms with E-state index in [4.69, 9.17) is 21.7 Å². The van der Waals surface area contributed by atoms with E-state index in [1.54, 1.807) is 0 Å². The third-order valence-corrected chi connectivity index (χ3v) is 6.18. The molecule has 1 saturated heterocycles. The molecule has 0 amide bonds. The summed E-state index contributed by atoms with van der Waals surface area (Å²) in [6, 6.07) is 14.1. The molecule has 148 valence electrons. The first-order valence-electron chi connectivity index (χ1n) is 9.57. The largest absolute Gasteiger partial charge is 0.454 e. The van der Waals surface area contributed by atoms with Crippen molar-refractivity contribution in [2.75, 3.05) is 11.7 Å². The van der Waals surface area contributed by atoms with Crippen LogP contribution in [0.3, 0.4) is 0 Å². The van der Waals surface area contributed by atoms with Crippen LogP contribution >= 0.6 is 12.2 Å². The molecule has 1 N–H and O–H groups in total. The third-order valence-electron chi connectivity index (χ3n) is 5.87. The topological polar surface area (TPSA) is 51.6 Å². The smallest absolute Gasteiger partial charge is 0.231 e. The van der Waals surface area contributed by atoms with Crippen LogP contribution in [0.1, 0.15) is 34.7 Å². The Morgan fingerprint density at radius 3 is 2.66 bits per heavy atom. The SMILES string of the molecule is Cc1cc(C2C(c3ccccn3)NC(=S)N2c2ccc3c(c2)OCO3)c(C)n1C. The zero-order valence-electron chi connectivity index (χ0n) is 16.5. The number of thiocarbonyl (C=S) groups is 1. The minimum atomic E-state index is -0.0605. The van der Waals surface area contributed by atoms with Gasteiger partial charge in [0.05, 0.1) is 17.8 Å². The lowest BCUT2D eigenvalue weighted by Crippen LogP contribution is -2.29. The summed E-state index contributed by atoms with van der Waals surface area (Å²) in [7, 11) is 2.09. The Morgan fingerprint density at radius 2 is 1.93 bits per heavy atom. The molecule has 0 saturated carbocycles. The Labute approximate surface area is 175 Å². The fourth-order valence-electron chi connectivity index (χ4n) is 4.17. The molecule has 2 aliphatic rings. The molecule has 3 aromatic rings. The van der Waals surface area contributed by atoms with Crippen LogP contribution in [0.4, 0.5) is 5.69 Å². The van der Waals surface area contributed by atoms with Crippen molar-refractivity contribution in [3.63, 3.8) is 0 Å². The predicted molar refractivity (Wildman–Crippen MR) is 115 cm³/mol. The number of aryl methyl sites for hydroxylation is 1. The molecule has 1 fully saturated rings. The number of nitrogens with one attached hydrogen (secondary N) is 1. The van der Waals surface area contributed by atoms with Crippen LogP contribution < -0.4 is 19.7 Å². The van der Waals surface area contributed by atoms with E-state index < -0.39 is 0 Å². The van der Waals surface area contributed by atoms with Gasteiger partial charge in [0, 0.05) is 36.4 Å². The quantitative estimate of drug-likeness (QED) is 0.665. The maximum Gasteiger partial charge on any atom is 0.231 e. The average molecular weight is 407 g/mol. The number of ether oxygens (including phenoxy) is 2.